The number of nitrogens with zero attached hydrogens (tertiary/aromatic N) is 2. The molecule has 0 aliphatic carbocycles. The van der Waals surface area contributed by atoms with Gasteiger partial charge in [0.15, 0.2) is 0 Å². The van der Waals surface area contributed by atoms with Gasteiger partial charge in [-0.3, -0.25) is 4.90 Å². The molecule has 2 nitrogen and oxygen atoms in total. The number of hydrogen-bond acceptors (Lipinski definition) is 1. The highest BCUT2D eigenvalue weighted by Crippen LogP contribution is 2.26. The fourth-order valence-electron chi connectivity index (χ4n) is 3.88. The normalized spacial score (nSPS) is 15.9. The van der Waals surface area contributed by atoms with Crippen molar-refractivity contribution in [3.63, 3.8) is 0 Å². The van der Waals surface area contributed by atoms with E-state index in [1.165, 1.54) is 59.9 Å². The molecule has 0 atom stereocenters. The van der Waals surface area contributed by atoms with Gasteiger partial charge in [0.05, 0.1) is 0 Å². The van der Waals surface area contributed by atoms with Crippen molar-refractivity contribution in [3.05, 3.63) is 71.4 Å². The Morgan fingerprint density at radius 3 is 2.46 bits per heavy atom. The summed E-state index contributed by atoms with van der Waals surface area (Å²) < 4.78 is 2.42. The Morgan fingerprint density at radius 1 is 0.875 bits per heavy atom. The molecule has 1 aliphatic rings. The lowest BCUT2D eigenvalue weighted by Gasteiger charge is -2.26. The van der Waals surface area contributed by atoms with E-state index >= 15 is 0 Å². The van der Waals surface area contributed by atoms with E-state index in [2.05, 4.69) is 71.1 Å². The van der Waals surface area contributed by atoms with Crippen molar-refractivity contribution in [2.75, 3.05) is 13.1 Å². The van der Waals surface area contributed by atoms with Crippen LogP contribution in [0.3, 0.4) is 0 Å². The molecule has 24 heavy (non-hydrogen) atoms. The van der Waals surface area contributed by atoms with Crippen LogP contribution >= 0.6 is 0 Å². The Kier molecular flexibility index (Phi) is 4.40. The van der Waals surface area contributed by atoms with E-state index in [0.717, 1.165) is 13.1 Å². The zero-order valence-corrected chi connectivity index (χ0v) is 14.5. The van der Waals surface area contributed by atoms with Gasteiger partial charge in [0, 0.05) is 30.2 Å². The summed E-state index contributed by atoms with van der Waals surface area (Å²) in [5.74, 6) is 0. The number of rotatable bonds is 4. The maximum absolute atomic E-state index is 2.62. The van der Waals surface area contributed by atoms with Gasteiger partial charge in [0.2, 0.25) is 0 Å². The molecule has 0 amide bonds. The molecule has 124 valence electrons. The molecular formula is C22H26N2. The van der Waals surface area contributed by atoms with E-state index in [0.29, 0.717) is 0 Å². The SMILES string of the molecule is Cc1ccc2c(c1)c(CN1CCCCC1)cn2Cc1ccccc1. The van der Waals surface area contributed by atoms with Gasteiger partial charge in [0.1, 0.15) is 0 Å². The zero-order chi connectivity index (χ0) is 16.4. The smallest absolute Gasteiger partial charge is 0.0486 e. The molecular weight excluding hydrogens is 292 g/mol. The summed E-state index contributed by atoms with van der Waals surface area (Å²) in [7, 11) is 0. The fraction of sp³-hybridized carbons (Fsp3) is 0.364. The second kappa shape index (κ2) is 6.82. The zero-order valence-electron chi connectivity index (χ0n) is 14.5. The molecule has 4 rings (SSSR count). The van der Waals surface area contributed by atoms with Gasteiger partial charge in [-0.05, 0) is 56.1 Å². The van der Waals surface area contributed by atoms with Crippen LogP contribution in [0.2, 0.25) is 0 Å². The third-order valence-electron chi connectivity index (χ3n) is 5.16. The topological polar surface area (TPSA) is 8.17 Å². The van der Waals surface area contributed by atoms with Gasteiger partial charge in [-0.2, -0.15) is 0 Å². The number of benzene rings is 2. The fourth-order valence-corrected chi connectivity index (χ4v) is 3.88. The lowest BCUT2D eigenvalue weighted by atomic mass is 10.1. The molecule has 0 N–H and O–H groups in total. The molecule has 2 heterocycles. The minimum atomic E-state index is 0.945. The second-order valence-corrected chi connectivity index (χ2v) is 7.13. The van der Waals surface area contributed by atoms with E-state index in [4.69, 9.17) is 0 Å². The maximum Gasteiger partial charge on any atom is 0.0486 e. The van der Waals surface area contributed by atoms with Crippen molar-refractivity contribution in [2.45, 2.75) is 39.3 Å². The van der Waals surface area contributed by atoms with Crippen LogP contribution < -0.4 is 0 Å². The van der Waals surface area contributed by atoms with Gasteiger partial charge in [0.25, 0.3) is 0 Å². The highest BCUT2D eigenvalue weighted by Gasteiger charge is 2.15. The monoisotopic (exact) mass is 318 g/mol. The van der Waals surface area contributed by atoms with Crippen molar-refractivity contribution < 1.29 is 0 Å². The first-order chi connectivity index (χ1) is 11.8. The average Bonchev–Trinajstić information content (AvgIpc) is 2.93. The standard InChI is InChI=1S/C22H26N2/c1-18-10-11-22-21(14-18)20(16-23-12-6-3-7-13-23)17-24(22)15-19-8-4-2-5-9-19/h2,4-5,8-11,14,17H,3,6-7,12-13,15-16H2,1H3. The lowest BCUT2D eigenvalue weighted by molar-refractivity contribution is 0.221. The summed E-state index contributed by atoms with van der Waals surface area (Å²) in [4.78, 5) is 2.62. The minimum absolute atomic E-state index is 0.945. The van der Waals surface area contributed by atoms with Crippen LogP contribution in [-0.4, -0.2) is 22.6 Å². The van der Waals surface area contributed by atoms with Crippen LogP contribution in [0.25, 0.3) is 10.9 Å². The Bertz CT molecular complexity index is 811. The van der Waals surface area contributed by atoms with Crippen molar-refractivity contribution in [2.24, 2.45) is 0 Å². The average molecular weight is 318 g/mol. The number of aromatic nitrogens is 1. The largest absolute Gasteiger partial charge is 0.343 e. The summed E-state index contributed by atoms with van der Waals surface area (Å²) in [5, 5.41) is 1.43. The first-order valence-electron chi connectivity index (χ1n) is 9.14. The Balaban J connectivity index is 1.69. The molecule has 1 fully saturated rings. The van der Waals surface area contributed by atoms with Crippen LogP contribution in [0.4, 0.5) is 0 Å². The van der Waals surface area contributed by atoms with Crippen molar-refractivity contribution in [3.8, 4) is 0 Å². The molecule has 0 unspecified atom stereocenters. The molecule has 0 radical (unpaired) electrons. The summed E-state index contributed by atoms with van der Waals surface area (Å²) in [6, 6.07) is 17.6. The molecule has 2 aromatic carbocycles. The van der Waals surface area contributed by atoms with Crippen molar-refractivity contribution in [1.82, 2.24) is 9.47 Å². The Morgan fingerprint density at radius 2 is 1.67 bits per heavy atom. The van der Waals surface area contributed by atoms with Crippen LogP contribution in [0.15, 0.2) is 54.7 Å². The van der Waals surface area contributed by atoms with Gasteiger partial charge >= 0.3 is 0 Å². The van der Waals surface area contributed by atoms with Gasteiger partial charge in [-0.25, -0.2) is 0 Å². The Hall–Kier alpha value is -2.06. The van der Waals surface area contributed by atoms with E-state index in [9.17, 15) is 0 Å². The summed E-state index contributed by atoms with van der Waals surface area (Å²) in [5.41, 5.74) is 5.54. The van der Waals surface area contributed by atoms with Gasteiger partial charge < -0.3 is 4.57 Å². The van der Waals surface area contributed by atoms with Crippen LogP contribution in [0.5, 0.6) is 0 Å². The number of likely N-dealkylation sites (tertiary alicyclic amines) is 1. The predicted octanol–water partition coefficient (Wildman–Crippen LogP) is 4.98. The molecule has 0 spiro atoms. The highest BCUT2D eigenvalue weighted by molar-refractivity contribution is 5.84. The Labute approximate surface area is 144 Å². The van der Waals surface area contributed by atoms with E-state index in [1.54, 1.807) is 0 Å². The summed E-state index contributed by atoms with van der Waals surface area (Å²) in [6.07, 6.45) is 6.47. The van der Waals surface area contributed by atoms with E-state index < -0.39 is 0 Å². The minimum Gasteiger partial charge on any atom is -0.343 e. The third kappa shape index (κ3) is 3.25. The first-order valence-corrected chi connectivity index (χ1v) is 9.14. The maximum atomic E-state index is 2.62. The molecule has 1 saturated heterocycles. The van der Waals surface area contributed by atoms with Crippen molar-refractivity contribution in [1.29, 1.82) is 0 Å². The first kappa shape index (κ1) is 15.5. The van der Waals surface area contributed by atoms with E-state index in [1.807, 2.05) is 0 Å². The number of fused-ring (bicyclic) bond motifs is 1. The van der Waals surface area contributed by atoms with Crippen molar-refractivity contribution >= 4 is 10.9 Å². The number of piperidine rings is 1. The highest BCUT2D eigenvalue weighted by atomic mass is 15.1. The van der Waals surface area contributed by atoms with Gasteiger partial charge in [-0.15, -0.1) is 0 Å². The quantitative estimate of drug-likeness (QED) is 0.658. The molecule has 0 bridgehead atoms. The summed E-state index contributed by atoms with van der Waals surface area (Å²) >= 11 is 0. The van der Waals surface area contributed by atoms with Crippen LogP contribution in [0, 0.1) is 6.92 Å². The molecule has 2 heteroatoms. The molecule has 3 aromatic rings. The third-order valence-corrected chi connectivity index (χ3v) is 5.16. The number of hydrogen-bond donors (Lipinski definition) is 0. The number of aryl methyl sites for hydroxylation is 1. The predicted molar refractivity (Wildman–Crippen MR) is 101 cm³/mol. The van der Waals surface area contributed by atoms with Gasteiger partial charge in [-0.1, -0.05) is 48.4 Å². The molecule has 0 saturated carbocycles. The van der Waals surface area contributed by atoms with Crippen LogP contribution in [-0.2, 0) is 13.1 Å². The summed E-state index contributed by atoms with van der Waals surface area (Å²) in [6.45, 7) is 6.72. The molecule has 1 aromatic heterocycles. The van der Waals surface area contributed by atoms with Crippen LogP contribution in [0.1, 0.15) is 36.0 Å². The lowest BCUT2D eigenvalue weighted by Crippen LogP contribution is -2.28. The second-order valence-electron chi connectivity index (χ2n) is 7.13. The van der Waals surface area contributed by atoms with E-state index in [-0.39, 0.29) is 0 Å². The molecule has 1 aliphatic heterocycles.